The van der Waals surface area contributed by atoms with Crippen LogP contribution in [0.3, 0.4) is 0 Å². The van der Waals surface area contributed by atoms with Gasteiger partial charge < -0.3 is 9.64 Å². The summed E-state index contributed by atoms with van der Waals surface area (Å²) in [6, 6.07) is 1.61. The molecule has 1 rings (SSSR count). The Bertz CT molecular complexity index is 216. The summed E-state index contributed by atoms with van der Waals surface area (Å²) in [7, 11) is 1.67. The lowest BCUT2D eigenvalue weighted by atomic mass is 10.00. The second kappa shape index (κ2) is 4.83. The van der Waals surface area contributed by atoms with E-state index in [0.717, 1.165) is 26.1 Å². The zero-order valence-electron chi connectivity index (χ0n) is 7.82. The molecule has 0 radical (unpaired) electrons. The van der Waals surface area contributed by atoms with Gasteiger partial charge in [0, 0.05) is 26.8 Å². The zero-order chi connectivity index (χ0) is 9.68. The van der Waals surface area contributed by atoms with Crippen LogP contribution < -0.4 is 0 Å². The van der Waals surface area contributed by atoms with Crippen LogP contribution in [0.1, 0.15) is 12.8 Å². The molecule has 0 atom stereocenters. The van der Waals surface area contributed by atoms with Gasteiger partial charge in [0.25, 0.3) is 0 Å². The number of rotatable bonds is 2. The minimum Gasteiger partial charge on any atom is -0.381 e. The van der Waals surface area contributed by atoms with Gasteiger partial charge in [-0.1, -0.05) is 0 Å². The van der Waals surface area contributed by atoms with Gasteiger partial charge in [-0.05, 0) is 18.8 Å². The third kappa shape index (κ3) is 3.03. The first-order valence-electron chi connectivity index (χ1n) is 4.47. The number of hydrogen-bond acceptors (Lipinski definition) is 3. The molecule has 4 nitrogen and oxygen atoms in total. The lowest BCUT2D eigenvalue weighted by Crippen LogP contribution is -2.33. The standard InChI is InChI=1S/C9H14N2O2/c1-11(9(12)6-10)7-8-2-4-13-5-3-8/h8H,2-5,7H2,1H3. The van der Waals surface area contributed by atoms with Crippen LogP contribution in [-0.2, 0) is 9.53 Å². The normalized spacial score (nSPS) is 17.8. The van der Waals surface area contributed by atoms with E-state index in [1.807, 2.05) is 0 Å². The van der Waals surface area contributed by atoms with Crippen molar-refractivity contribution in [1.29, 1.82) is 5.26 Å². The highest BCUT2D eigenvalue weighted by molar-refractivity contribution is 5.90. The number of hydrogen-bond donors (Lipinski definition) is 0. The van der Waals surface area contributed by atoms with Gasteiger partial charge in [0.05, 0.1) is 0 Å². The summed E-state index contributed by atoms with van der Waals surface area (Å²) in [5.41, 5.74) is 0. The second-order valence-corrected chi connectivity index (χ2v) is 3.35. The molecule has 0 aromatic heterocycles. The summed E-state index contributed by atoms with van der Waals surface area (Å²) >= 11 is 0. The van der Waals surface area contributed by atoms with Crippen LogP contribution in [0.25, 0.3) is 0 Å². The van der Waals surface area contributed by atoms with E-state index in [4.69, 9.17) is 10.00 Å². The first kappa shape index (κ1) is 10.0. The van der Waals surface area contributed by atoms with Gasteiger partial charge in [0.1, 0.15) is 0 Å². The average Bonchev–Trinajstić information content (AvgIpc) is 2.18. The molecule has 1 saturated heterocycles. The summed E-state index contributed by atoms with van der Waals surface area (Å²) in [6.07, 6.45) is 1.98. The zero-order valence-corrected chi connectivity index (χ0v) is 7.82. The van der Waals surface area contributed by atoms with E-state index in [9.17, 15) is 4.79 Å². The van der Waals surface area contributed by atoms with Crippen molar-refractivity contribution in [3.8, 4) is 6.07 Å². The Kier molecular flexibility index (Phi) is 3.71. The van der Waals surface area contributed by atoms with E-state index in [-0.39, 0.29) is 0 Å². The van der Waals surface area contributed by atoms with Crippen molar-refractivity contribution in [3.63, 3.8) is 0 Å². The molecule has 0 N–H and O–H groups in total. The van der Waals surface area contributed by atoms with Crippen molar-refractivity contribution < 1.29 is 9.53 Å². The maximum Gasteiger partial charge on any atom is 0.324 e. The van der Waals surface area contributed by atoms with Crippen molar-refractivity contribution in [3.05, 3.63) is 0 Å². The van der Waals surface area contributed by atoms with Gasteiger partial charge >= 0.3 is 5.91 Å². The fourth-order valence-electron chi connectivity index (χ4n) is 1.48. The molecular weight excluding hydrogens is 168 g/mol. The molecule has 0 aromatic rings. The molecule has 1 amide bonds. The van der Waals surface area contributed by atoms with E-state index < -0.39 is 5.91 Å². The van der Waals surface area contributed by atoms with Gasteiger partial charge in [-0.2, -0.15) is 5.26 Å². The van der Waals surface area contributed by atoms with Crippen LogP contribution in [0.2, 0.25) is 0 Å². The molecule has 13 heavy (non-hydrogen) atoms. The number of nitrogens with zero attached hydrogens (tertiary/aromatic N) is 2. The molecule has 0 unspecified atom stereocenters. The number of nitriles is 1. The van der Waals surface area contributed by atoms with Gasteiger partial charge in [0.15, 0.2) is 6.07 Å². The van der Waals surface area contributed by atoms with Crippen LogP contribution in [0.4, 0.5) is 0 Å². The van der Waals surface area contributed by atoms with Crippen molar-refractivity contribution in [2.45, 2.75) is 12.8 Å². The maximum atomic E-state index is 10.9. The van der Waals surface area contributed by atoms with Crippen LogP contribution in [-0.4, -0.2) is 37.6 Å². The predicted molar refractivity (Wildman–Crippen MR) is 46.8 cm³/mol. The summed E-state index contributed by atoms with van der Waals surface area (Å²) in [4.78, 5) is 12.4. The maximum absolute atomic E-state index is 10.9. The largest absolute Gasteiger partial charge is 0.381 e. The Balaban J connectivity index is 2.30. The first-order chi connectivity index (χ1) is 6.24. The van der Waals surface area contributed by atoms with Crippen LogP contribution in [0, 0.1) is 17.2 Å². The summed E-state index contributed by atoms with van der Waals surface area (Å²) in [5.74, 6) is 0.0440. The third-order valence-electron chi connectivity index (χ3n) is 2.32. The molecular formula is C9H14N2O2. The Hall–Kier alpha value is -1.08. The molecule has 0 aromatic carbocycles. The minimum absolute atomic E-state index is 0.452. The van der Waals surface area contributed by atoms with Crippen molar-refractivity contribution in [2.24, 2.45) is 5.92 Å². The SMILES string of the molecule is CN(CC1CCOCC1)C(=O)C#N. The molecule has 72 valence electrons. The van der Waals surface area contributed by atoms with Crippen LogP contribution >= 0.6 is 0 Å². The number of carbonyl (C=O) groups excluding carboxylic acids is 1. The molecule has 0 bridgehead atoms. The predicted octanol–water partition coefficient (Wildman–Crippen LogP) is 0.395. The monoisotopic (exact) mass is 182 g/mol. The molecule has 1 aliphatic heterocycles. The lowest BCUT2D eigenvalue weighted by molar-refractivity contribution is -0.125. The minimum atomic E-state index is -0.452. The molecule has 4 heteroatoms. The average molecular weight is 182 g/mol. The topological polar surface area (TPSA) is 53.3 Å². The van der Waals surface area contributed by atoms with Crippen molar-refractivity contribution in [1.82, 2.24) is 4.90 Å². The lowest BCUT2D eigenvalue weighted by Gasteiger charge is -2.25. The van der Waals surface area contributed by atoms with E-state index >= 15 is 0 Å². The highest BCUT2D eigenvalue weighted by Crippen LogP contribution is 2.15. The van der Waals surface area contributed by atoms with Gasteiger partial charge in [-0.15, -0.1) is 0 Å². The second-order valence-electron chi connectivity index (χ2n) is 3.35. The molecule has 1 heterocycles. The molecule has 1 fully saturated rings. The number of ether oxygens (including phenoxy) is 1. The van der Waals surface area contributed by atoms with Gasteiger partial charge in [0.2, 0.25) is 0 Å². The summed E-state index contributed by atoms with van der Waals surface area (Å²) in [5, 5.41) is 8.37. The molecule has 1 aliphatic rings. The molecule has 0 spiro atoms. The van der Waals surface area contributed by atoms with Crippen molar-refractivity contribution >= 4 is 5.91 Å². The van der Waals surface area contributed by atoms with E-state index in [1.54, 1.807) is 13.1 Å². The van der Waals surface area contributed by atoms with Crippen LogP contribution in [0.15, 0.2) is 0 Å². The third-order valence-corrected chi connectivity index (χ3v) is 2.32. The van der Waals surface area contributed by atoms with Gasteiger partial charge in [-0.3, -0.25) is 4.79 Å². The highest BCUT2D eigenvalue weighted by atomic mass is 16.5. The Labute approximate surface area is 78.1 Å². The Morgan fingerprint density at radius 3 is 2.77 bits per heavy atom. The number of carbonyl (C=O) groups is 1. The highest BCUT2D eigenvalue weighted by Gasteiger charge is 2.17. The molecule has 0 saturated carbocycles. The quantitative estimate of drug-likeness (QED) is 0.581. The van der Waals surface area contributed by atoms with Crippen molar-refractivity contribution in [2.75, 3.05) is 26.8 Å². The fourth-order valence-corrected chi connectivity index (χ4v) is 1.48. The van der Waals surface area contributed by atoms with E-state index in [2.05, 4.69) is 0 Å². The van der Waals surface area contributed by atoms with E-state index in [0.29, 0.717) is 12.5 Å². The fraction of sp³-hybridized carbons (Fsp3) is 0.778. The summed E-state index contributed by atoms with van der Waals surface area (Å²) < 4.78 is 5.20. The Morgan fingerprint density at radius 2 is 2.23 bits per heavy atom. The van der Waals surface area contributed by atoms with Crippen LogP contribution in [0.5, 0.6) is 0 Å². The summed E-state index contributed by atoms with van der Waals surface area (Å²) in [6.45, 7) is 2.23. The number of amides is 1. The van der Waals surface area contributed by atoms with Gasteiger partial charge in [-0.25, -0.2) is 0 Å². The Morgan fingerprint density at radius 1 is 1.62 bits per heavy atom. The smallest absolute Gasteiger partial charge is 0.324 e. The first-order valence-corrected chi connectivity index (χ1v) is 4.47. The molecule has 0 aliphatic carbocycles. The van der Waals surface area contributed by atoms with E-state index in [1.165, 1.54) is 4.90 Å².